The van der Waals surface area contributed by atoms with Gasteiger partial charge in [-0.15, -0.1) is 11.8 Å². The summed E-state index contributed by atoms with van der Waals surface area (Å²) < 4.78 is 11.1. The maximum absolute atomic E-state index is 11.1. The van der Waals surface area contributed by atoms with Crippen molar-refractivity contribution in [1.29, 1.82) is 0 Å². The predicted molar refractivity (Wildman–Crippen MR) is 80.7 cm³/mol. The monoisotopic (exact) mass is 283 g/mol. The van der Waals surface area contributed by atoms with Crippen LogP contribution in [0.2, 0.25) is 0 Å². The lowest BCUT2D eigenvalue weighted by molar-refractivity contribution is 0.433. The highest BCUT2D eigenvalue weighted by Crippen LogP contribution is 2.36. The van der Waals surface area contributed by atoms with Crippen LogP contribution in [-0.4, -0.2) is 28.0 Å². The zero-order valence-corrected chi connectivity index (χ0v) is 12.7. The molecule has 0 amide bonds. The molecule has 0 spiro atoms. The number of hydrogen-bond donors (Lipinski definition) is 1. The van der Waals surface area contributed by atoms with Crippen molar-refractivity contribution in [3.8, 4) is 0 Å². The molecule has 0 saturated carbocycles. The van der Waals surface area contributed by atoms with E-state index < -0.39 is 10.8 Å². The van der Waals surface area contributed by atoms with Gasteiger partial charge in [-0.25, -0.2) is 0 Å². The van der Waals surface area contributed by atoms with Gasteiger partial charge >= 0.3 is 0 Å². The molecule has 0 saturated heterocycles. The van der Waals surface area contributed by atoms with E-state index in [0.29, 0.717) is 12.1 Å². The van der Waals surface area contributed by atoms with Gasteiger partial charge in [-0.3, -0.25) is 4.21 Å². The van der Waals surface area contributed by atoms with E-state index in [9.17, 15) is 4.21 Å². The summed E-state index contributed by atoms with van der Waals surface area (Å²) in [5.74, 6) is 1.97. The zero-order valence-electron chi connectivity index (χ0n) is 11.0. The molecule has 0 aliphatic carbocycles. The van der Waals surface area contributed by atoms with Gasteiger partial charge in [-0.05, 0) is 37.1 Å². The van der Waals surface area contributed by atoms with Crippen molar-refractivity contribution < 1.29 is 4.21 Å². The van der Waals surface area contributed by atoms with Crippen LogP contribution in [-0.2, 0) is 10.8 Å². The van der Waals surface area contributed by atoms with Gasteiger partial charge in [0.25, 0.3) is 0 Å². The number of hydrogen-bond acceptors (Lipinski definition) is 3. The summed E-state index contributed by atoms with van der Waals surface area (Å²) in [6, 6.07) is 9.55. The molecule has 0 fully saturated rings. The lowest BCUT2D eigenvalue weighted by atomic mass is 10.0. The van der Waals surface area contributed by atoms with E-state index in [1.807, 2.05) is 11.8 Å². The van der Waals surface area contributed by atoms with Crippen molar-refractivity contribution in [2.75, 3.05) is 17.8 Å². The van der Waals surface area contributed by atoms with E-state index in [-0.39, 0.29) is 0 Å². The highest BCUT2D eigenvalue weighted by molar-refractivity contribution is 7.99. The Morgan fingerprint density at radius 2 is 2.28 bits per heavy atom. The van der Waals surface area contributed by atoms with Crippen LogP contribution in [0.1, 0.15) is 31.4 Å². The number of thioether (sulfide) groups is 1. The Morgan fingerprint density at radius 3 is 3.06 bits per heavy atom. The Hall–Kier alpha value is -0.320. The molecule has 1 aliphatic rings. The van der Waals surface area contributed by atoms with Gasteiger partial charge in [0.2, 0.25) is 0 Å². The lowest BCUT2D eigenvalue weighted by Crippen LogP contribution is -2.33. The van der Waals surface area contributed by atoms with Gasteiger partial charge in [0, 0.05) is 39.8 Å². The molecule has 0 bridgehead atoms. The topological polar surface area (TPSA) is 29.1 Å². The van der Waals surface area contributed by atoms with E-state index in [2.05, 4.69) is 36.5 Å². The fraction of sp³-hybridized carbons (Fsp3) is 0.571. The van der Waals surface area contributed by atoms with Crippen LogP contribution in [0.3, 0.4) is 0 Å². The molecule has 0 aromatic heterocycles. The summed E-state index contributed by atoms with van der Waals surface area (Å²) in [6.45, 7) is 2.19. The van der Waals surface area contributed by atoms with E-state index >= 15 is 0 Å². The zero-order chi connectivity index (χ0) is 13.0. The molecule has 2 nitrogen and oxygen atoms in total. The second-order valence-corrected chi connectivity index (χ2v) is 7.55. The molecule has 2 rings (SSSR count). The van der Waals surface area contributed by atoms with Gasteiger partial charge in [0.05, 0.1) is 0 Å². The van der Waals surface area contributed by atoms with Crippen LogP contribution < -0.4 is 5.32 Å². The molecule has 0 radical (unpaired) electrons. The fourth-order valence-electron chi connectivity index (χ4n) is 2.28. The fourth-order valence-corrected chi connectivity index (χ4v) is 4.10. The molecule has 3 atom stereocenters. The van der Waals surface area contributed by atoms with Gasteiger partial charge in [-0.1, -0.05) is 18.2 Å². The molecule has 1 aromatic carbocycles. The first-order valence-corrected chi connectivity index (χ1v) is 9.16. The Kier molecular flexibility index (Phi) is 5.27. The first-order valence-electron chi connectivity index (χ1n) is 6.44. The van der Waals surface area contributed by atoms with Crippen LogP contribution >= 0.6 is 11.8 Å². The normalized spacial score (nSPS) is 22.2. The standard InChI is InChI=1S/C14H21NOS2/c1-11(8-10-18(2)16)15-13-7-9-17-14-6-4-3-5-12(13)14/h3-6,11,13,15H,7-10H2,1-2H3. The van der Waals surface area contributed by atoms with Crippen LogP contribution in [0.25, 0.3) is 0 Å². The third-order valence-corrected chi connectivity index (χ3v) is 5.22. The Morgan fingerprint density at radius 1 is 1.50 bits per heavy atom. The molecule has 1 aromatic rings. The molecule has 1 N–H and O–H groups in total. The van der Waals surface area contributed by atoms with E-state index in [0.717, 1.165) is 12.2 Å². The number of fused-ring (bicyclic) bond motifs is 1. The van der Waals surface area contributed by atoms with Crippen LogP contribution in [0.5, 0.6) is 0 Å². The quantitative estimate of drug-likeness (QED) is 0.901. The Balaban J connectivity index is 1.96. The second kappa shape index (κ2) is 6.73. The van der Waals surface area contributed by atoms with E-state index in [1.165, 1.54) is 22.6 Å². The first kappa shape index (κ1) is 14.1. The van der Waals surface area contributed by atoms with Crippen molar-refractivity contribution in [3.63, 3.8) is 0 Å². The number of benzene rings is 1. The minimum absolute atomic E-state index is 0.426. The van der Waals surface area contributed by atoms with Crippen LogP contribution in [0, 0.1) is 0 Å². The van der Waals surface area contributed by atoms with Crippen molar-refractivity contribution in [2.24, 2.45) is 0 Å². The van der Waals surface area contributed by atoms with Crippen molar-refractivity contribution in [1.82, 2.24) is 5.32 Å². The van der Waals surface area contributed by atoms with Crippen molar-refractivity contribution in [3.05, 3.63) is 29.8 Å². The predicted octanol–water partition coefficient (Wildman–Crippen LogP) is 2.97. The summed E-state index contributed by atoms with van der Waals surface area (Å²) in [4.78, 5) is 1.41. The summed E-state index contributed by atoms with van der Waals surface area (Å²) in [5, 5.41) is 3.68. The molecular formula is C14H21NOS2. The maximum Gasteiger partial charge on any atom is 0.0341 e. The maximum atomic E-state index is 11.1. The molecular weight excluding hydrogens is 262 g/mol. The van der Waals surface area contributed by atoms with Crippen LogP contribution in [0.15, 0.2) is 29.2 Å². The van der Waals surface area contributed by atoms with E-state index in [1.54, 1.807) is 6.26 Å². The van der Waals surface area contributed by atoms with Gasteiger partial charge < -0.3 is 5.32 Å². The third-order valence-electron chi connectivity index (χ3n) is 3.28. The highest BCUT2D eigenvalue weighted by Gasteiger charge is 2.21. The SMILES string of the molecule is CC(CCS(C)=O)NC1CCSc2ccccc21. The summed E-state index contributed by atoms with van der Waals surface area (Å²) >= 11 is 1.95. The number of rotatable bonds is 5. The summed E-state index contributed by atoms with van der Waals surface area (Å²) in [6.07, 6.45) is 3.94. The molecule has 3 unspecified atom stereocenters. The smallest absolute Gasteiger partial charge is 0.0341 e. The largest absolute Gasteiger partial charge is 0.307 e. The van der Waals surface area contributed by atoms with Gasteiger partial charge in [0.1, 0.15) is 0 Å². The van der Waals surface area contributed by atoms with Crippen molar-refractivity contribution >= 4 is 22.6 Å². The first-order chi connectivity index (χ1) is 8.66. The Bertz CT molecular complexity index is 422. The van der Waals surface area contributed by atoms with Gasteiger partial charge in [-0.2, -0.15) is 0 Å². The van der Waals surface area contributed by atoms with Crippen LogP contribution in [0.4, 0.5) is 0 Å². The average Bonchev–Trinajstić information content (AvgIpc) is 2.37. The Labute approximate surface area is 116 Å². The van der Waals surface area contributed by atoms with E-state index in [4.69, 9.17) is 0 Å². The molecule has 1 heterocycles. The molecule has 4 heteroatoms. The van der Waals surface area contributed by atoms with Gasteiger partial charge in [0.15, 0.2) is 0 Å². The molecule has 18 heavy (non-hydrogen) atoms. The highest BCUT2D eigenvalue weighted by atomic mass is 32.2. The summed E-state index contributed by atoms with van der Waals surface area (Å²) in [7, 11) is -0.682. The number of nitrogens with one attached hydrogen (secondary N) is 1. The summed E-state index contributed by atoms with van der Waals surface area (Å²) in [5.41, 5.74) is 1.43. The lowest BCUT2D eigenvalue weighted by Gasteiger charge is -2.28. The minimum atomic E-state index is -0.682. The molecule has 100 valence electrons. The second-order valence-electron chi connectivity index (χ2n) is 4.86. The average molecular weight is 283 g/mol. The molecule has 1 aliphatic heterocycles. The van der Waals surface area contributed by atoms with Crippen molar-refractivity contribution in [2.45, 2.75) is 36.7 Å². The third kappa shape index (κ3) is 3.84. The minimum Gasteiger partial charge on any atom is -0.307 e.